The van der Waals surface area contributed by atoms with E-state index in [4.69, 9.17) is 5.11 Å². The maximum Gasteiger partial charge on any atom is 0.287 e. The van der Waals surface area contributed by atoms with E-state index in [-0.39, 0.29) is 5.82 Å². The summed E-state index contributed by atoms with van der Waals surface area (Å²) in [6.45, 7) is -1.87. The first kappa shape index (κ1) is 11.7. The Bertz CT molecular complexity index is 526. The molecule has 2 aromatic rings. The second-order valence-electron chi connectivity index (χ2n) is 3.75. The first-order chi connectivity index (χ1) is 8.03. The molecule has 0 fully saturated rings. The van der Waals surface area contributed by atoms with Gasteiger partial charge in [0, 0.05) is 13.2 Å². The van der Waals surface area contributed by atoms with Gasteiger partial charge in [0.1, 0.15) is 12.1 Å². The predicted molar refractivity (Wildman–Crippen MR) is 59.0 cm³/mol. The fourth-order valence-electron chi connectivity index (χ4n) is 1.46. The van der Waals surface area contributed by atoms with Crippen LogP contribution in [-0.2, 0) is 7.05 Å². The minimum absolute atomic E-state index is 0.288. The normalized spacial score (nSPS) is 12.0. The number of rotatable bonds is 4. The average molecular weight is 242 g/mol. The highest BCUT2D eigenvalue weighted by Crippen LogP contribution is 2.20. The summed E-state index contributed by atoms with van der Waals surface area (Å²) in [6, 6.07) is 1.75. The Balaban J connectivity index is 2.25. The van der Waals surface area contributed by atoms with Crippen molar-refractivity contribution in [1.82, 2.24) is 14.5 Å². The molecule has 2 N–H and O–H groups in total. The summed E-state index contributed by atoms with van der Waals surface area (Å²) in [5.41, 5.74) is 1.33. The first-order valence-electron chi connectivity index (χ1n) is 5.02. The Morgan fingerprint density at radius 3 is 2.94 bits per heavy atom. The van der Waals surface area contributed by atoms with Crippen LogP contribution >= 0.6 is 0 Å². The second kappa shape index (κ2) is 4.25. The zero-order valence-electron chi connectivity index (χ0n) is 9.19. The molecule has 0 amide bonds. The van der Waals surface area contributed by atoms with Crippen molar-refractivity contribution < 1.29 is 13.9 Å². The Morgan fingerprint density at radius 1 is 1.47 bits per heavy atom. The molecule has 2 rings (SSSR count). The molecule has 0 radical (unpaired) electrons. The summed E-state index contributed by atoms with van der Waals surface area (Å²) in [5, 5.41) is 11.0. The molecule has 0 aromatic carbocycles. The lowest BCUT2D eigenvalue weighted by molar-refractivity contribution is -0.0373. The smallest absolute Gasteiger partial charge is 0.287 e. The first-order valence-corrected chi connectivity index (χ1v) is 5.02. The minimum Gasteiger partial charge on any atom is -0.390 e. The molecule has 0 bridgehead atoms. The number of halogens is 2. The zero-order chi connectivity index (χ0) is 12.5. The number of aryl methyl sites for hydroxylation is 1. The van der Waals surface area contributed by atoms with Gasteiger partial charge in [-0.3, -0.25) is 0 Å². The molecule has 0 aliphatic carbocycles. The number of hydrogen-bond acceptors (Lipinski definition) is 4. The number of pyridine rings is 1. The van der Waals surface area contributed by atoms with Crippen LogP contribution in [-0.4, -0.2) is 38.7 Å². The molecule has 2 aromatic heterocycles. The lowest BCUT2D eigenvalue weighted by Crippen LogP contribution is -2.31. The average Bonchev–Trinajstić information content (AvgIpc) is 2.70. The Kier molecular flexibility index (Phi) is 2.93. The molecule has 0 aliphatic heterocycles. The molecule has 0 spiro atoms. The van der Waals surface area contributed by atoms with Gasteiger partial charge in [0.15, 0.2) is 5.82 Å². The van der Waals surface area contributed by atoms with Gasteiger partial charge in [0.2, 0.25) is 0 Å². The summed E-state index contributed by atoms with van der Waals surface area (Å²) in [7, 11) is 1.81. The van der Waals surface area contributed by atoms with Crippen LogP contribution in [0.3, 0.4) is 0 Å². The van der Waals surface area contributed by atoms with Crippen molar-refractivity contribution in [2.24, 2.45) is 7.05 Å². The molecule has 0 unspecified atom stereocenters. The number of aromatic nitrogens is 3. The van der Waals surface area contributed by atoms with Crippen LogP contribution in [0.1, 0.15) is 0 Å². The molecule has 2 heterocycles. The minimum atomic E-state index is -3.17. The van der Waals surface area contributed by atoms with Crippen LogP contribution in [0.2, 0.25) is 0 Å². The lowest BCUT2D eigenvalue weighted by Gasteiger charge is -2.14. The molecule has 0 aliphatic rings. The van der Waals surface area contributed by atoms with E-state index in [1.54, 1.807) is 24.0 Å². The predicted octanol–water partition coefficient (Wildman–Crippen LogP) is 1.01. The lowest BCUT2D eigenvalue weighted by atomic mass is 10.3. The Morgan fingerprint density at radius 2 is 2.24 bits per heavy atom. The van der Waals surface area contributed by atoms with E-state index in [0.717, 1.165) is 5.52 Å². The number of imidazole rings is 1. The van der Waals surface area contributed by atoms with Gasteiger partial charge in [0.05, 0.1) is 18.4 Å². The fourth-order valence-corrected chi connectivity index (χ4v) is 1.46. The third-order valence-corrected chi connectivity index (χ3v) is 2.39. The van der Waals surface area contributed by atoms with Crippen LogP contribution in [0.4, 0.5) is 14.6 Å². The molecule has 5 nitrogen and oxygen atoms in total. The summed E-state index contributed by atoms with van der Waals surface area (Å²) in [4.78, 5) is 8.03. The summed E-state index contributed by atoms with van der Waals surface area (Å²) in [5.74, 6) is -2.88. The van der Waals surface area contributed by atoms with Crippen molar-refractivity contribution in [3.63, 3.8) is 0 Å². The number of fused-ring (bicyclic) bond motifs is 1. The van der Waals surface area contributed by atoms with E-state index in [1.807, 2.05) is 0 Å². The van der Waals surface area contributed by atoms with Crippen molar-refractivity contribution in [2.75, 3.05) is 18.5 Å². The van der Waals surface area contributed by atoms with E-state index < -0.39 is 19.1 Å². The quantitative estimate of drug-likeness (QED) is 0.839. The molecular weight excluding hydrogens is 230 g/mol. The van der Waals surface area contributed by atoms with Gasteiger partial charge in [0.25, 0.3) is 5.92 Å². The van der Waals surface area contributed by atoms with E-state index in [0.29, 0.717) is 5.52 Å². The number of nitrogens with one attached hydrogen (secondary N) is 1. The van der Waals surface area contributed by atoms with Gasteiger partial charge in [-0.15, -0.1) is 0 Å². The van der Waals surface area contributed by atoms with Gasteiger partial charge >= 0.3 is 0 Å². The number of nitrogens with zero attached hydrogens (tertiary/aromatic N) is 3. The van der Waals surface area contributed by atoms with Gasteiger partial charge in [-0.2, -0.15) is 0 Å². The number of hydrogen-bond donors (Lipinski definition) is 2. The van der Waals surface area contributed by atoms with Crippen molar-refractivity contribution in [3.8, 4) is 0 Å². The van der Waals surface area contributed by atoms with Gasteiger partial charge in [-0.25, -0.2) is 18.7 Å². The van der Waals surface area contributed by atoms with Crippen LogP contribution < -0.4 is 5.32 Å². The van der Waals surface area contributed by atoms with Crippen molar-refractivity contribution in [1.29, 1.82) is 0 Å². The molecular formula is C10H12F2N4O. The van der Waals surface area contributed by atoms with E-state index in [9.17, 15) is 8.78 Å². The highest BCUT2D eigenvalue weighted by atomic mass is 19.3. The molecule has 0 saturated carbocycles. The maximum absolute atomic E-state index is 12.9. The maximum atomic E-state index is 12.9. The van der Waals surface area contributed by atoms with E-state index in [1.165, 1.54) is 6.20 Å². The fraction of sp³-hybridized carbons (Fsp3) is 0.400. The second-order valence-corrected chi connectivity index (χ2v) is 3.75. The molecule has 0 saturated heterocycles. The monoisotopic (exact) mass is 242 g/mol. The van der Waals surface area contributed by atoms with Crippen LogP contribution in [0, 0.1) is 0 Å². The number of anilines is 1. The van der Waals surface area contributed by atoms with Gasteiger partial charge in [-0.1, -0.05) is 0 Å². The largest absolute Gasteiger partial charge is 0.390 e. The third-order valence-electron chi connectivity index (χ3n) is 2.39. The SMILES string of the molecule is Cn1cnc2c(NCC(F)(F)CO)nccc21. The van der Waals surface area contributed by atoms with Crippen LogP contribution in [0.25, 0.3) is 11.0 Å². The standard InChI is InChI=1S/C10H12F2N4O/c1-16-6-15-8-7(16)2-3-13-9(8)14-4-10(11,12)5-17/h2-3,6,17H,4-5H2,1H3,(H,13,14). The van der Waals surface area contributed by atoms with Crippen LogP contribution in [0.15, 0.2) is 18.6 Å². The molecule has 7 heteroatoms. The number of alkyl halides is 2. The van der Waals surface area contributed by atoms with Crippen LogP contribution in [0.5, 0.6) is 0 Å². The summed E-state index contributed by atoms with van der Waals surface area (Å²) >= 11 is 0. The zero-order valence-corrected chi connectivity index (χ0v) is 9.19. The molecule has 17 heavy (non-hydrogen) atoms. The Labute approximate surface area is 96.1 Å². The Hall–Kier alpha value is -1.76. The highest BCUT2D eigenvalue weighted by molar-refractivity contribution is 5.85. The van der Waals surface area contributed by atoms with Crippen molar-refractivity contribution >= 4 is 16.9 Å². The number of aliphatic hydroxyl groups excluding tert-OH is 1. The van der Waals surface area contributed by atoms with Gasteiger partial charge in [-0.05, 0) is 6.07 Å². The number of aliphatic hydroxyl groups is 1. The third kappa shape index (κ3) is 2.33. The summed E-state index contributed by atoms with van der Waals surface area (Å²) < 4.78 is 27.5. The van der Waals surface area contributed by atoms with Crippen molar-refractivity contribution in [3.05, 3.63) is 18.6 Å². The topological polar surface area (TPSA) is 63.0 Å². The van der Waals surface area contributed by atoms with E-state index in [2.05, 4.69) is 15.3 Å². The molecule has 92 valence electrons. The highest BCUT2D eigenvalue weighted by Gasteiger charge is 2.27. The van der Waals surface area contributed by atoms with E-state index >= 15 is 0 Å². The van der Waals surface area contributed by atoms with Crippen molar-refractivity contribution in [2.45, 2.75) is 5.92 Å². The molecule has 0 atom stereocenters. The summed E-state index contributed by atoms with van der Waals surface area (Å²) in [6.07, 6.45) is 3.10. The van der Waals surface area contributed by atoms with Gasteiger partial charge < -0.3 is 15.0 Å².